The van der Waals surface area contributed by atoms with E-state index in [-0.39, 0.29) is 11.8 Å². The zero-order valence-corrected chi connectivity index (χ0v) is 19.8. The summed E-state index contributed by atoms with van der Waals surface area (Å²) >= 11 is 1.34. The van der Waals surface area contributed by atoms with Crippen molar-refractivity contribution >= 4 is 27.3 Å². The van der Waals surface area contributed by atoms with Gasteiger partial charge in [-0.15, -0.1) is 11.3 Å². The van der Waals surface area contributed by atoms with Gasteiger partial charge < -0.3 is 5.11 Å². The molecule has 2 fully saturated rings. The van der Waals surface area contributed by atoms with Gasteiger partial charge in [0, 0.05) is 18.0 Å². The number of thiophene rings is 1. The molecule has 1 aromatic carbocycles. The van der Waals surface area contributed by atoms with E-state index in [0.717, 1.165) is 41.7 Å². The van der Waals surface area contributed by atoms with E-state index in [2.05, 4.69) is 13.0 Å². The van der Waals surface area contributed by atoms with Crippen LogP contribution in [0.4, 0.5) is 0 Å². The third-order valence-electron chi connectivity index (χ3n) is 7.17. The van der Waals surface area contributed by atoms with Gasteiger partial charge in [0.15, 0.2) is 0 Å². The van der Waals surface area contributed by atoms with Crippen LogP contribution in [0, 0.1) is 17.8 Å². The van der Waals surface area contributed by atoms with Gasteiger partial charge in [-0.1, -0.05) is 50.1 Å². The Bertz CT molecular complexity index is 1020. The first kappa shape index (κ1) is 22.5. The molecule has 1 aliphatic carbocycles. The summed E-state index contributed by atoms with van der Waals surface area (Å²) in [4.78, 5) is 13.5. The summed E-state index contributed by atoms with van der Waals surface area (Å²) in [5.74, 6) is 0.504. The van der Waals surface area contributed by atoms with Crippen LogP contribution in [-0.4, -0.2) is 43.1 Å². The van der Waals surface area contributed by atoms with Crippen LogP contribution in [0.3, 0.4) is 0 Å². The molecule has 0 spiro atoms. The minimum absolute atomic E-state index is 0.0798. The molecule has 7 heteroatoms. The molecule has 31 heavy (non-hydrogen) atoms. The Morgan fingerprint density at radius 2 is 1.77 bits per heavy atom. The number of hydrogen-bond acceptors (Lipinski definition) is 4. The van der Waals surface area contributed by atoms with Gasteiger partial charge in [0.1, 0.15) is 4.88 Å². The molecule has 168 valence electrons. The average Bonchev–Trinajstić information content (AvgIpc) is 3.20. The minimum Gasteiger partial charge on any atom is -0.477 e. The highest BCUT2D eigenvalue weighted by Crippen LogP contribution is 2.47. The predicted molar refractivity (Wildman–Crippen MR) is 125 cm³/mol. The largest absolute Gasteiger partial charge is 0.477 e. The van der Waals surface area contributed by atoms with Crippen LogP contribution in [0.2, 0.25) is 0 Å². The first-order valence-corrected chi connectivity index (χ1v) is 13.8. The Labute approximate surface area is 189 Å². The lowest BCUT2D eigenvalue weighted by molar-refractivity contribution is 0.0696. The molecule has 0 radical (unpaired) electrons. The molecule has 1 saturated heterocycles. The van der Waals surface area contributed by atoms with Crippen LogP contribution in [-0.2, 0) is 10.0 Å². The SMILES string of the molecule is CC1CCC(C2CN(S(C)(=O)=O)CCC2c2cc(-c3ccccc3)sc2C(=O)O)CC1. The number of sulfonamides is 1. The zero-order chi connectivity index (χ0) is 22.2. The van der Waals surface area contributed by atoms with Crippen molar-refractivity contribution in [3.63, 3.8) is 0 Å². The fraction of sp³-hybridized carbons (Fsp3) is 0.542. The monoisotopic (exact) mass is 461 g/mol. The lowest BCUT2D eigenvalue weighted by Crippen LogP contribution is -2.45. The maximum Gasteiger partial charge on any atom is 0.346 e. The predicted octanol–water partition coefficient (Wildman–Crippen LogP) is 5.30. The zero-order valence-electron chi connectivity index (χ0n) is 18.2. The molecule has 0 amide bonds. The van der Waals surface area contributed by atoms with E-state index in [1.54, 1.807) is 4.31 Å². The normalized spacial score (nSPS) is 27.8. The second kappa shape index (κ2) is 9.04. The Balaban J connectivity index is 1.72. The maximum atomic E-state index is 12.3. The Morgan fingerprint density at radius 3 is 2.39 bits per heavy atom. The fourth-order valence-corrected chi connectivity index (χ4v) is 7.38. The van der Waals surface area contributed by atoms with Gasteiger partial charge >= 0.3 is 5.97 Å². The van der Waals surface area contributed by atoms with E-state index in [1.807, 2.05) is 30.3 Å². The van der Waals surface area contributed by atoms with Crippen molar-refractivity contribution in [2.75, 3.05) is 19.3 Å². The summed E-state index contributed by atoms with van der Waals surface area (Å²) < 4.78 is 26.2. The number of aromatic carboxylic acids is 1. The quantitative estimate of drug-likeness (QED) is 0.655. The number of carboxylic acids is 1. The molecular weight excluding hydrogens is 430 g/mol. The van der Waals surface area contributed by atoms with Crippen molar-refractivity contribution in [3.8, 4) is 10.4 Å². The molecule has 1 N–H and O–H groups in total. The molecular formula is C24H31NO4S2. The van der Waals surface area contributed by atoms with Crippen molar-refractivity contribution in [2.45, 2.75) is 44.9 Å². The second-order valence-corrected chi connectivity index (χ2v) is 12.3. The molecule has 2 heterocycles. The second-order valence-electron chi connectivity index (χ2n) is 9.27. The Kier molecular flexibility index (Phi) is 6.56. The molecule has 2 unspecified atom stereocenters. The highest BCUT2D eigenvalue weighted by Gasteiger charge is 2.41. The summed E-state index contributed by atoms with van der Waals surface area (Å²) in [6.45, 7) is 3.24. The van der Waals surface area contributed by atoms with Crippen molar-refractivity contribution in [1.29, 1.82) is 0 Å². The molecule has 0 bridgehead atoms. The summed E-state index contributed by atoms with van der Waals surface area (Å²) in [6.07, 6.45) is 6.48. The topological polar surface area (TPSA) is 74.7 Å². The van der Waals surface area contributed by atoms with Gasteiger partial charge in [0.25, 0.3) is 0 Å². The van der Waals surface area contributed by atoms with Gasteiger partial charge in [-0.25, -0.2) is 17.5 Å². The van der Waals surface area contributed by atoms with Gasteiger partial charge in [-0.2, -0.15) is 0 Å². The summed E-state index contributed by atoms with van der Waals surface area (Å²) in [7, 11) is -3.26. The van der Waals surface area contributed by atoms with E-state index in [4.69, 9.17) is 0 Å². The Hall–Kier alpha value is -1.70. The standard InChI is InChI=1S/C24H31NO4S2/c1-16-8-10-17(11-9-16)21-15-25(31(2,28)29)13-12-19(21)20-14-22(30-23(20)24(26)27)18-6-4-3-5-7-18/h3-7,14,16-17,19,21H,8-13,15H2,1-2H3,(H,26,27). The molecule has 2 aromatic rings. The number of piperidine rings is 1. The number of benzene rings is 1. The smallest absolute Gasteiger partial charge is 0.346 e. The van der Waals surface area contributed by atoms with Crippen LogP contribution in [0.25, 0.3) is 10.4 Å². The number of hydrogen-bond donors (Lipinski definition) is 1. The number of nitrogens with zero attached hydrogens (tertiary/aromatic N) is 1. The molecule has 5 nitrogen and oxygen atoms in total. The van der Waals surface area contributed by atoms with E-state index in [9.17, 15) is 18.3 Å². The minimum atomic E-state index is -3.26. The van der Waals surface area contributed by atoms with Crippen molar-refractivity contribution in [2.24, 2.45) is 17.8 Å². The van der Waals surface area contributed by atoms with Crippen molar-refractivity contribution < 1.29 is 18.3 Å². The lowest BCUT2D eigenvalue weighted by atomic mass is 9.68. The molecule has 4 rings (SSSR count). The third-order valence-corrected chi connectivity index (χ3v) is 9.63. The summed E-state index contributed by atoms with van der Waals surface area (Å²) in [5, 5.41) is 9.97. The van der Waals surface area contributed by atoms with E-state index in [1.165, 1.54) is 17.6 Å². The van der Waals surface area contributed by atoms with Crippen LogP contribution in [0.1, 0.15) is 60.2 Å². The summed E-state index contributed by atoms with van der Waals surface area (Å²) in [5.41, 5.74) is 1.92. The average molecular weight is 462 g/mol. The number of carbonyl (C=O) groups is 1. The highest BCUT2D eigenvalue weighted by molar-refractivity contribution is 7.88. The number of carboxylic acid groups (broad SMARTS) is 1. The first-order valence-electron chi connectivity index (χ1n) is 11.1. The van der Waals surface area contributed by atoms with Gasteiger partial charge in [-0.3, -0.25) is 0 Å². The molecule has 2 atom stereocenters. The molecule has 1 saturated carbocycles. The van der Waals surface area contributed by atoms with Gasteiger partial charge in [-0.05, 0) is 60.1 Å². The molecule has 1 aromatic heterocycles. The lowest BCUT2D eigenvalue weighted by Gasteiger charge is -2.43. The van der Waals surface area contributed by atoms with Crippen molar-refractivity contribution in [1.82, 2.24) is 4.31 Å². The van der Waals surface area contributed by atoms with Crippen molar-refractivity contribution in [3.05, 3.63) is 46.8 Å². The molecule has 2 aliphatic rings. The third kappa shape index (κ3) is 4.89. The van der Waals surface area contributed by atoms with Gasteiger partial charge in [0.05, 0.1) is 6.26 Å². The van der Waals surface area contributed by atoms with E-state index < -0.39 is 16.0 Å². The van der Waals surface area contributed by atoms with Crippen LogP contribution in [0.5, 0.6) is 0 Å². The van der Waals surface area contributed by atoms with Gasteiger partial charge in [0.2, 0.25) is 10.0 Å². The summed E-state index contributed by atoms with van der Waals surface area (Å²) in [6, 6.07) is 12.0. The van der Waals surface area contributed by atoms with Crippen LogP contribution in [0.15, 0.2) is 36.4 Å². The Morgan fingerprint density at radius 1 is 1.10 bits per heavy atom. The van der Waals surface area contributed by atoms with E-state index >= 15 is 0 Å². The first-order chi connectivity index (χ1) is 14.7. The fourth-order valence-electron chi connectivity index (χ4n) is 5.42. The molecule has 1 aliphatic heterocycles. The maximum absolute atomic E-state index is 12.3. The van der Waals surface area contributed by atoms with E-state index in [0.29, 0.717) is 36.2 Å². The number of rotatable bonds is 5. The highest BCUT2D eigenvalue weighted by atomic mass is 32.2. The van der Waals surface area contributed by atoms with Crippen LogP contribution < -0.4 is 0 Å². The van der Waals surface area contributed by atoms with Crippen LogP contribution >= 0.6 is 11.3 Å².